The van der Waals surface area contributed by atoms with Gasteiger partial charge in [-0.3, -0.25) is 14.4 Å². The standard InChI is InChI=1S/C29H29FN2O5/c1-17-11-12-23-19(15-17)25(33)24-26(37-23)27(34)32(13-14-36-2)29(24)20-8-4-6-10-22(20)31(28(29)35)16-18-7-3-5-9-21(18)30/h3-10,17,19,23H,11-16H2,1-2H3. The number of anilines is 1. The van der Waals surface area contributed by atoms with Gasteiger partial charge >= 0.3 is 0 Å². The lowest BCUT2D eigenvalue weighted by molar-refractivity contribution is -0.141. The van der Waals surface area contributed by atoms with Gasteiger partial charge in [0.2, 0.25) is 0 Å². The molecule has 4 unspecified atom stereocenters. The number of benzene rings is 2. The summed E-state index contributed by atoms with van der Waals surface area (Å²) >= 11 is 0. The smallest absolute Gasteiger partial charge is 0.290 e. The molecule has 1 fully saturated rings. The van der Waals surface area contributed by atoms with Gasteiger partial charge in [-0.05, 0) is 37.3 Å². The van der Waals surface area contributed by atoms with E-state index in [2.05, 4.69) is 6.92 Å². The van der Waals surface area contributed by atoms with E-state index in [4.69, 9.17) is 9.47 Å². The first-order valence-corrected chi connectivity index (χ1v) is 12.8. The number of rotatable bonds is 5. The Bertz CT molecular complexity index is 1340. The molecule has 0 radical (unpaired) electrons. The first-order valence-electron chi connectivity index (χ1n) is 12.8. The number of methoxy groups -OCH3 is 1. The third-order valence-electron chi connectivity index (χ3n) is 8.28. The molecule has 0 N–H and O–H groups in total. The summed E-state index contributed by atoms with van der Waals surface area (Å²) in [7, 11) is 1.52. The van der Waals surface area contributed by atoms with Gasteiger partial charge in [-0.1, -0.05) is 43.3 Å². The lowest BCUT2D eigenvalue weighted by Gasteiger charge is -2.40. The maximum absolute atomic E-state index is 14.7. The molecule has 2 aromatic rings. The third-order valence-corrected chi connectivity index (χ3v) is 8.28. The predicted octanol–water partition coefficient (Wildman–Crippen LogP) is 3.71. The van der Waals surface area contributed by atoms with Gasteiger partial charge in [0, 0.05) is 24.8 Å². The molecule has 37 heavy (non-hydrogen) atoms. The zero-order valence-corrected chi connectivity index (χ0v) is 20.9. The number of Topliss-reactive ketones (excluding diaryl/α,β-unsaturated/α-hetero) is 1. The number of ether oxygens (including phenoxy) is 2. The lowest BCUT2D eigenvalue weighted by Crippen LogP contribution is -2.55. The van der Waals surface area contributed by atoms with Crippen molar-refractivity contribution in [2.45, 2.75) is 44.4 Å². The number of halogens is 1. The number of hydrogen-bond acceptors (Lipinski definition) is 5. The molecule has 1 aliphatic carbocycles. The number of fused-ring (bicyclic) bond motifs is 4. The Morgan fingerprint density at radius 1 is 1.08 bits per heavy atom. The van der Waals surface area contributed by atoms with Gasteiger partial charge < -0.3 is 19.3 Å². The quantitative estimate of drug-likeness (QED) is 0.621. The number of ketones is 1. The van der Waals surface area contributed by atoms with Crippen LogP contribution < -0.4 is 4.90 Å². The second-order valence-corrected chi connectivity index (χ2v) is 10.4. The van der Waals surface area contributed by atoms with E-state index < -0.39 is 29.1 Å². The van der Waals surface area contributed by atoms with Crippen LogP contribution in [-0.2, 0) is 35.9 Å². The SMILES string of the molecule is COCCN1C(=O)C2=C(C(=O)C3CC(C)CCC3O2)C12C(=O)N(Cc1ccccc1F)c1ccccc12. The summed E-state index contributed by atoms with van der Waals surface area (Å²) in [6.07, 6.45) is 1.89. The highest BCUT2D eigenvalue weighted by molar-refractivity contribution is 6.24. The van der Waals surface area contributed by atoms with Gasteiger partial charge in [-0.2, -0.15) is 0 Å². The molecule has 1 saturated carbocycles. The molecule has 192 valence electrons. The van der Waals surface area contributed by atoms with E-state index in [1.807, 2.05) is 0 Å². The second kappa shape index (κ2) is 8.80. The largest absolute Gasteiger partial charge is 0.483 e. The van der Waals surface area contributed by atoms with E-state index in [1.54, 1.807) is 42.5 Å². The number of para-hydroxylation sites is 1. The average molecular weight is 505 g/mol. The van der Waals surface area contributed by atoms with Crippen molar-refractivity contribution in [2.75, 3.05) is 25.2 Å². The maximum atomic E-state index is 14.7. The van der Waals surface area contributed by atoms with E-state index in [1.165, 1.54) is 23.0 Å². The fraction of sp³-hybridized carbons (Fsp3) is 0.414. The van der Waals surface area contributed by atoms with Crippen LogP contribution in [0.3, 0.4) is 0 Å². The summed E-state index contributed by atoms with van der Waals surface area (Å²) in [6, 6.07) is 13.4. The molecular formula is C29H29FN2O5. The minimum atomic E-state index is -1.67. The van der Waals surface area contributed by atoms with Crippen LogP contribution in [0.5, 0.6) is 0 Å². The van der Waals surface area contributed by atoms with Crippen LogP contribution in [0.25, 0.3) is 0 Å². The molecule has 0 aromatic heterocycles. The Labute approximate surface area is 214 Å². The molecule has 0 bridgehead atoms. The van der Waals surface area contributed by atoms with Crippen molar-refractivity contribution in [3.05, 3.63) is 76.8 Å². The van der Waals surface area contributed by atoms with E-state index in [-0.39, 0.29) is 42.9 Å². The van der Waals surface area contributed by atoms with Gasteiger partial charge in [0.15, 0.2) is 17.1 Å². The second-order valence-electron chi connectivity index (χ2n) is 10.4. The van der Waals surface area contributed by atoms with Crippen molar-refractivity contribution in [1.82, 2.24) is 4.90 Å². The summed E-state index contributed by atoms with van der Waals surface area (Å²) < 4.78 is 26.2. The Morgan fingerprint density at radius 2 is 1.84 bits per heavy atom. The van der Waals surface area contributed by atoms with Crippen LogP contribution in [0.2, 0.25) is 0 Å². The fourth-order valence-electron chi connectivity index (χ4n) is 6.53. The van der Waals surface area contributed by atoms with Crippen LogP contribution in [0.4, 0.5) is 10.1 Å². The summed E-state index contributed by atoms with van der Waals surface area (Å²) in [5.41, 5.74) is -0.124. The van der Waals surface area contributed by atoms with Crippen molar-refractivity contribution in [3.63, 3.8) is 0 Å². The number of amides is 2. The minimum Gasteiger partial charge on any atom is -0.483 e. The first kappa shape index (κ1) is 23.9. The molecule has 6 rings (SSSR count). The Balaban J connectivity index is 1.54. The van der Waals surface area contributed by atoms with Crippen molar-refractivity contribution in [2.24, 2.45) is 11.8 Å². The topological polar surface area (TPSA) is 76.1 Å². The summed E-state index contributed by atoms with van der Waals surface area (Å²) in [4.78, 5) is 45.6. The molecule has 2 aromatic carbocycles. The lowest BCUT2D eigenvalue weighted by atomic mass is 9.71. The Morgan fingerprint density at radius 3 is 2.62 bits per heavy atom. The summed E-state index contributed by atoms with van der Waals surface area (Å²) in [5, 5.41) is 0. The molecule has 0 saturated heterocycles. The van der Waals surface area contributed by atoms with Gasteiger partial charge in [0.25, 0.3) is 11.8 Å². The van der Waals surface area contributed by atoms with E-state index in [9.17, 15) is 18.8 Å². The highest BCUT2D eigenvalue weighted by Crippen LogP contribution is 2.56. The number of hydrogen-bond donors (Lipinski definition) is 0. The van der Waals surface area contributed by atoms with Crippen molar-refractivity contribution >= 4 is 23.3 Å². The molecule has 4 aliphatic rings. The zero-order valence-electron chi connectivity index (χ0n) is 20.9. The molecule has 8 heteroatoms. The fourth-order valence-corrected chi connectivity index (χ4v) is 6.53. The normalized spacial score (nSPS) is 28.5. The minimum absolute atomic E-state index is 0.0206. The Hall–Kier alpha value is -3.52. The van der Waals surface area contributed by atoms with Crippen LogP contribution >= 0.6 is 0 Å². The van der Waals surface area contributed by atoms with E-state index in [0.29, 0.717) is 35.6 Å². The maximum Gasteiger partial charge on any atom is 0.290 e. The van der Waals surface area contributed by atoms with Gasteiger partial charge in [-0.15, -0.1) is 0 Å². The predicted molar refractivity (Wildman–Crippen MR) is 133 cm³/mol. The van der Waals surface area contributed by atoms with E-state index >= 15 is 0 Å². The zero-order chi connectivity index (χ0) is 25.9. The average Bonchev–Trinajstić information content (AvgIpc) is 3.29. The third kappa shape index (κ3) is 3.31. The van der Waals surface area contributed by atoms with Crippen LogP contribution in [-0.4, -0.2) is 48.9 Å². The van der Waals surface area contributed by atoms with Gasteiger partial charge in [0.05, 0.1) is 30.3 Å². The summed E-state index contributed by atoms with van der Waals surface area (Å²) in [6.45, 7) is 2.35. The molecule has 4 atom stereocenters. The molecule has 3 heterocycles. The highest BCUT2D eigenvalue weighted by Gasteiger charge is 2.68. The van der Waals surface area contributed by atoms with Gasteiger partial charge in [0.1, 0.15) is 11.9 Å². The van der Waals surface area contributed by atoms with Crippen molar-refractivity contribution in [3.8, 4) is 0 Å². The summed E-state index contributed by atoms with van der Waals surface area (Å²) in [5.74, 6) is -1.63. The van der Waals surface area contributed by atoms with Crippen molar-refractivity contribution in [1.29, 1.82) is 0 Å². The van der Waals surface area contributed by atoms with Crippen molar-refractivity contribution < 1.29 is 28.2 Å². The molecule has 2 amide bonds. The Kier molecular flexibility index (Phi) is 5.67. The number of carbonyl (C=O) groups is 3. The number of nitrogens with zero attached hydrogens (tertiary/aromatic N) is 2. The van der Waals surface area contributed by atoms with Gasteiger partial charge in [-0.25, -0.2) is 4.39 Å². The number of carbonyl (C=O) groups excluding carboxylic acids is 3. The van der Waals surface area contributed by atoms with Crippen LogP contribution in [0.15, 0.2) is 59.9 Å². The molecular weight excluding hydrogens is 475 g/mol. The molecule has 7 nitrogen and oxygen atoms in total. The van der Waals surface area contributed by atoms with Crippen LogP contribution in [0, 0.1) is 17.7 Å². The molecule has 3 aliphatic heterocycles. The van der Waals surface area contributed by atoms with Crippen LogP contribution in [0.1, 0.15) is 37.3 Å². The first-order chi connectivity index (χ1) is 17.9. The molecule has 1 spiro atoms. The highest BCUT2D eigenvalue weighted by atomic mass is 19.1. The monoisotopic (exact) mass is 504 g/mol. The van der Waals surface area contributed by atoms with E-state index in [0.717, 1.165) is 6.42 Å².